The van der Waals surface area contributed by atoms with Crippen molar-refractivity contribution in [1.29, 1.82) is 0 Å². The zero-order valence-electron chi connectivity index (χ0n) is 18.5. The Bertz CT molecular complexity index is 1230. The van der Waals surface area contributed by atoms with Crippen LogP contribution in [0.2, 0.25) is 0 Å². The van der Waals surface area contributed by atoms with Crippen LogP contribution in [0.15, 0.2) is 60.0 Å². The van der Waals surface area contributed by atoms with Crippen molar-refractivity contribution in [3.05, 3.63) is 65.5 Å². The second-order valence-corrected chi connectivity index (χ2v) is 11.1. The second kappa shape index (κ2) is 6.18. The molecule has 4 nitrogen and oxygen atoms in total. The first-order valence-corrected chi connectivity index (χ1v) is 12.1. The van der Waals surface area contributed by atoms with E-state index in [0.717, 1.165) is 31.3 Å². The summed E-state index contributed by atoms with van der Waals surface area (Å²) < 4.78 is 7.05. The summed E-state index contributed by atoms with van der Waals surface area (Å²) in [4.78, 5) is 16.8. The Balaban J connectivity index is 1.31. The molecule has 1 aromatic heterocycles. The van der Waals surface area contributed by atoms with Gasteiger partial charge in [0.15, 0.2) is 5.78 Å². The highest BCUT2D eigenvalue weighted by atomic mass is 16.5. The minimum Gasteiger partial charge on any atom is -0.385 e. The van der Waals surface area contributed by atoms with E-state index in [1.54, 1.807) is 0 Å². The first-order chi connectivity index (χ1) is 15.4. The number of carbonyl (C=O) groups is 1. The van der Waals surface area contributed by atoms with Gasteiger partial charge in [-0.2, -0.15) is 0 Å². The van der Waals surface area contributed by atoms with Crippen LogP contribution < -0.4 is 0 Å². The molecule has 32 heavy (non-hydrogen) atoms. The van der Waals surface area contributed by atoms with Crippen LogP contribution >= 0.6 is 0 Å². The van der Waals surface area contributed by atoms with Gasteiger partial charge in [-0.3, -0.25) is 9.78 Å². The normalized spacial score (nSPS) is 42.2. The molecule has 2 spiro atoms. The summed E-state index contributed by atoms with van der Waals surface area (Å²) in [5.41, 5.74) is 3.26. The van der Waals surface area contributed by atoms with Crippen LogP contribution in [0.4, 0.5) is 0 Å². The summed E-state index contributed by atoms with van der Waals surface area (Å²) in [6.07, 6.45) is 13.7. The zero-order chi connectivity index (χ0) is 21.7. The Kier molecular flexibility index (Phi) is 3.71. The number of nitrogens with zero attached hydrogens (tertiary/aromatic N) is 1. The molecule has 2 saturated carbocycles. The van der Waals surface area contributed by atoms with Crippen LogP contribution in [0, 0.1) is 11.3 Å². The molecule has 1 saturated heterocycles. The molecule has 7 rings (SSSR count). The number of Topliss-reactive ketones (excluding diaryl/α,β-unsaturated/α-hetero) is 1. The quantitative estimate of drug-likeness (QED) is 0.695. The highest BCUT2D eigenvalue weighted by Crippen LogP contribution is 2.69. The Labute approximate surface area is 188 Å². The van der Waals surface area contributed by atoms with E-state index < -0.39 is 11.7 Å². The van der Waals surface area contributed by atoms with Gasteiger partial charge in [-0.25, -0.2) is 0 Å². The molecule has 2 aromatic rings. The molecule has 2 bridgehead atoms. The summed E-state index contributed by atoms with van der Waals surface area (Å²) in [6.45, 7) is 2.47. The van der Waals surface area contributed by atoms with E-state index in [1.165, 1.54) is 28.3 Å². The fourth-order valence-electron chi connectivity index (χ4n) is 8.08. The number of hydrogen-bond donors (Lipinski definition) is 1. The predicted octanol–water partition coefficient (Wildman–Crippen LogP) is 5.02. The van der Waals surface area contributed by atoms with E-state index in [1.807, 2.05) is 12.4 Å². The highest BCUT2D eigenvalue weighted by Gasteiger charge is 2.67. The monoisotopic (exact) mass is 427 g/mol. The molecule has 1 N–H and O–H groups in total. The smallest absolute Gasteiger partial charge is 0.164 e. The molecule has 3 aliphatic carbocycles. The van der Waals surface area contributed by atoms with E-state index in [-0.39, 0.29) is 16.8 Å². The van der Waals surface area contributed by atoms with Gasteiger partial charge >= 0.3 is 0 Å². The zero-order valence-corrected chi connectivity index (χ0v) is 18.5. The molecule has 1 aromatic carbocycles. The summed E-state index contributed by atoms with van der Waals surface area (Å²) in [7, 11) is 0. The van der Waals surface area contributed by atoms with Crippen LogP contribution in [0.25, 0.3) is 10.8 Å². The molecule has 3 heterocycles. The number of allylic oxidation sites excluding steroid dienone is 1. The maximum absolute atomic E-state index is 12.4. The molecule has 4 heteroatoms. The molecule has 0 radical (unpaired) electrons. The SMILES string of the molecule is C[C@]12CC=C3C=C4CC(O)C(=O)C[C@]45CC[C@]3(O5)[C@@H]1CC[C@@H]2c1ccc2ccncc2c1. The number of aliphatic hydroxyl groups is 1. The lowest BCUT2D eigenvalue weighted by atomic mass is 9.58. The second-order valence-electron chi connectivity index (χ2n) is 11.1. The largest absolute Gasteiger partial charge is 0.385 e. The fraction of sp³-hybridized carbons (Fsp3) is 0.500. The van der Waals surface area contributed by atoms with Crippen LogP contribution in [-0.4, -0.2) is 33.2 Å². The fourth-order valence-corrected chi connectivity index (χ4v) is 8.08. The summed E-state index contributed by atoms with van der Waals surface area (Å²) in [5, 5.41) is 12.6. The third-order valence-electron chi connectivity index (χ3n) is 9.65. The van der Waals surface area contributed by atoms with Crippen molar-refractivity contribution in [1.82, 2.24) is 4.98 Å². The predicted molar refractivity (Wildman–Crippen MR) is 122 cm³/mol. The maximum atomic E-state index is 12.4. The molecule has 5 aliphatic rings. The standard InChI is InChI=1S/C28H29NO3/c1-26-8-6-20-13-21-14-23(30)24(31)15-27(21)9-10-28(20,32-27)25(26)5-4-22(26)18-3-2-17-7-11-29-16-19(17)12-18/h2-3,6-7,11-13,16,22-23,25,30H,4-5,8-10,14-15H2,1H3/t22-,23?,25-,26-,27-,28-/m1/s1. The number of ketones is 1. The van der Waals surface area contributed by atoms with Gasteiger partial charge in [-0.05, 0) is 83.6 Å². The average Bonchev–Trinajstić information content (AvgIpc) is 3.31. The maximum Gasteiger partial charge on any atom is 0.164 e. The van der Waals surface area contributed by atoms with Crippen molar-refractivity contribution in [2.24, 2.45) is 11.3 Å². The van der Waals surface area contributed by atoms with E-state index in [2.05, 4.69) is 48.3 Å². The van der Waals surface area contributed by atoms with Crippen LogP contribution in [0.3, 0.4) is 0 Å². The first-order valence-electron chi connectivity index (χ1n) is 12.1. The molecular weight excluding hydrogens is 398 g/mol. The number of carbonyl (C=O) groups excluding carboxylic acids is 1. The third kappa shape index (κ3) is 2.30. The van der Waals surface area contributed by atoms with Gasteiger partial charge in [0.25, 0.3) is 0 Å². The Hall–Kier alpha value is -2.30. The topological polar surface area (TPSA) is 59.4 Å². The van der Waals surface area contributed by atoms with E-state index in [9.17, 15) is 9.90 Å². The lowest BCUT2D eigenvalue weighted by Crippen LogP contribution is -2.55. The number of fused-ring (bicyclic) bond motifs is 2. The van der Waals surface area contributed by atoms with Crippen LogP contribution in [0.1, 0.15) is 63.4 Å². The van der Waals surface area contributed by atoms with Crippen molar-refractivity contribution in [3.8, 4) is 0 Å². The van der Waals surface area contributed by atoms with Crippen molar-refractivity contribution in [2.45, 2.75) is 75.1 Å². The van der Waals surface area contributed by atoms with Crippen molar-refractivity contribution in [2.75, 3.05) is 0 Å². The lowest BCUT2D eigenvalue weighted by Gasteiger charge is -2.54. The first kappa shape index (κ1) is 19.2. The van der Waals surface area contributed by atoms with Crippen LogP contribution in [0.5, 0.6) is 0 Å². The van der Waals surface area contributed by atoms with Gasteiger partial charge in [0.2, 0.25) is 0 Å². The third-order valence-corrected chi connectivity index (χ3v) is 9.65. The molecular formula is C28H29NO3. The lowest BCUT2D eigenvalue weighted by molar-refractivity contribution is -0.154. The van der Waals surface area contributed by atoms with E-state index in [4.69, 9.17) is 4.74 Å². The van der Waals surface area contributed by atoms with Crippen molar-refractivity contribution >= 4 is 16.6 Å². The van der Waals surface area contributed by atoms with Gasteiger partial charge in [0.05, 0.1) is 11.2 Å². The van der Waals surface area contributed by atoms with Crippen molar-refractivity contribution in [3.63, 3.8) is 0 Å². The Morgan fingerprint density at radius 1 is 1.16 bits per heavy atom. The molecule has 3 fully saturated rings. The summed E-state index contributed by atoms with van der Waals surface area (Å²) in [5.74, 6) is 0.882. The number of rotatable bonds is 1. The molecule has 1 unspecified atom stereocenters. The minimum atomic E-state index is -0.865. The van der Waals surface area contributed by atoms with Gasteiger partial charge < -0.3 is 9.84 Å². The number of aromatic nitrogens is 1. The molecule has 6 atom stereocenters. The number of pyridine rings is 1. The van der Waals surface area contributed by atoms with Gasteiger partial charge in [-0.1, -0.05) is 31.2 Å². The van der Waals surface area contributed by atoms with E-state index >= 15 is 0 Å². The number of hydrogen-bond acceptors (Lipinski definition) is 4. The van der Waals surface area contributed by atoms with Gasteiger partial charge in [-0.15, -0.1) is 0 Å². The Morgan fingerprint density at radius 3 is 2.97 bits per heavy atom. The summed E-state index contributed by atoms with van der Waals surface area (Å²) in [6, 6.07) is 8.97. The minimum absolute atomic E-state index is 0.0562. The average molecular weight is 428 g/mol. The van der Waals surface area contributed by atoms with Gasteiger partial charge in [0, 0.05) is 30.6 Å². The van der Waals surface area contributed by atoms with Gasteiger partial charge in [0.1, 0.15) is 6.10 Å². The molecule has 2 aliphatic heterocycles. The van der Waals surface area contributed by atoms with E-state index in [0.29, 0.717) is 24.7 Å². The Morgan fingerprint density at radius 2 is 2.06 bits per heavy atom. The summed E-state index contributed by atoms with van der Waals surface area (Å²) >= 11 is 0. The molecule has 0 amide bonds. The van der Waals surface area contributed by atoms with Crippen LogP contribution in [-0.2, 0) is 9.53 Å². The molecule has 164 valence electrons. The number of ether oxygens (including phenoxy) is 1. The number of benzene rings is 1. The van der Waals surface area contributed by atoms with Crippen molar-refractivity contribution < 1.29 is 14.6 Å². The number of aliphatic hydroxyl groups excluding tert-OH is 1. The highest BCUT2D eigenvalue weighted by molar-refractivity contribution is 5.87.